The highest BCUT2D eigenvalue weighted by Crippen LogP contribution is 2.50. The van der Waals surface area contributed by atoms with E-state index in [2.05, 4.69) is 181 Å². The van der Waals surface area contributed by atoms with Gasteiger partial charge in [-0.1, -0.05) is 129 Å². The van der Waals surface area contributed by atoms with Crippen molar-refractivity contribution in [2.75, 3.05) is 5.32 Å². The van der Waals surface area contributed by atoms with E-state index in [4.69, 9.17) is 0 Å². The number of nitrogens with one attached hydrogen (secondary N) is 2. The quantitative estimate of drug-likeness (QED) is 0.207. The van der Waals surface area contributed by atoms with E-state index in [-0.39, 0.29) is 17.6 Å². The molecule has 1 aliphatic heterocycles. The van der Waals surface area contributed by atoms with Crippen molar-refractivity contribution in [3.8, 4) is 16.8 Å². The second kappa shape index (κ2) is 10.2. The Bertz CT molecular complexity index is 2560. The normalized spacial score (nSPS) is 17.6. The minimum Gasteiger partial charge on any atom is -0.366 e. The molecular formula is C45H35N3. The van der Waals surface area contributed by atoms with Crippen LogP contribution in [0.5, 0.6) is 0 Å². The van der Waals surface area contributed by atoms with Crippen LogP contribution in [0, 0.1) is 0 Å². The van der Waals surface area contributed by atoms with Gasteiger partial charge in [-0.2, -0.15) is 0 Å². The van der Waals surface area contributed by atoms with Gasteiger partial charge in [0.15, 0.2) is 0 Å². The molecule has 0 radical (unpaired) electrons. The average molecular weight is 618 g/mol. The van der Waals surface area contributed by atoms with Crippen molar-refractivity contribution < 1.29 is 0 Å². The zero-order valence-electron chi connectivity index (χ0n) is 27.0. The van der Waals surface area contributed by atoms with Gasteiger partial charge in [0.25, 0.3) is 0 Å². The van der Waals surface area contributed by atoms with Crippen LogP contribution in [0.25, 0.3) is 49.4 Å². The predicted molar refractivity (Wildman–Crippen MR) is 200 cm³/mol. The van der Waals surface area contributed by atoms with Gasteiger partial charge in [0.2, 0.25) is 0 Å². The Morgan fingerprint density at radius 2 is 1.29 bits per heavy atom. The summed E-state index contributed by atoms with van der Waals surface area (Å²) in [6.45, 7) is 4.72. The lowest BCUT2D eigenvalue weighted by atomic mass is 9.81. The molecule has 3 nitrogen and oxygen atoms in total. The Kier molecular flexibility index (Phi) is 5.82. The summed E-state index contributed by atoms with van der Waals surface area (Å²) in [5, 5.41) is 13.0. The van der Waals surface area contributed by atoms with Gasteiger partial charge in [-0.3, -0.25) is 5.32 Å². The smallest absolute Gasteiger partial charge is 0.104 e. The number of fused-ring (bicyclic) bond motifs is 9. The third-order valence-corrected chi connectivity index (χ3v) is 10.9. The van der Waals surface area contributed by atoms with Crippen molar-refractivity contribution in [2.24, 2.45) is 0 Å². The molecule has 0 fully saturated rings. The molecule has 3 heteroatoms. The Balaban J connectivity index is 1.13. The highest BCUT2D eigenvalue weighted by atomic mass is 15.2. The molecule has 0 saturated heterocycles. The minimum absolute atomic E-state index is 0.0412. The fourth-order valence-corrected chi connectivity index (χ4v) is 8.53. The van der Waals surface area contributed by atoms with Gasteiger partial charge in [-0.25, -0.2) is 0 Å². The lowest BCUT2D eigenvalue weighted by Crippen LogP contribution is -2.37. The summed E-state index contributed by atoms with van der Waals surface area (Å²) in [5.41, 5.74) is 14.0. The summed E-state index contributed by atoms with van der Waals surface area (Å²) >= 11 is 0. The standard InChI is InChI=1S/C45H35N3/c1-45(2)37-18-10-8-16-33(37)34-23-20-29(27-38(34)45)43-35-17-9-11-19-39(35)46-44(47-43)30-22-24-40-36(26-30)42-32-15-7-6-12-28(32)21-25-41(42)48(40)31-13-4-3-5-14-31/h3-27,43-44,46-47H,1-2H3. The van der Waals surface area contributed by atoms with Crippen molar-refractivity contribution in [1.82, 2.24) is 9.88 Å². The molecule has 1 aromatic heterocycles. The van der Waals surface area contributed by atoms with Gasteiger partial charge in [0.05, 0.1) is 17.1 Å². The van der Waals surface area contributed by atoms with Crippen molar-refractivity contribution in [3.63, 3.8) is 0 Å². The van der Waals surface area contributed by atoms with E-state index in [1.165, 1.54) is 82.9 Å². The molecular weight excluding hydrogens is 583 g/mol. The van der Waals surface area contributed by atoms with Gasteiger partial charge in [-0.05, 0) is 86.1 Å². The number of nitrogens with zero attached hydrogens (tertiary/aromatic N) is 1. The predicted octanol–water partition coefficient (Wildman–Crippen LogP) is 11.0. The molecule has 1 aliphatic carbocycles. The molecule has 0 amide bonds. The Hall–Kier alpha value is -5.64. The fraction of sp³-hybridized carbons (Fsp3) is 0.111. The van der Waals surface area contributed by atoms with Crippen molar-refractivity contribution in [2.45, 2.75) is 31.5 Å². The van der Waals surface area contributed by atoms with E-state index in [1.807, 2.05) is 0 Å². The lowest BCUT2D eigenvalue weighted by Gasteiger charge is -2.36. The number of hydrogen-bond acceptors (Lipinski definition) is 2. The maximum absolute atomic E-state index is 4.05. The fourth-order valence-electron chi connectivity index (χ4n) is 8.53. The monoisotopic (exact) mass is 617 g/mol. The third kappa shape index (κ3) is 3.92. The molecule has 0 spiro atoms. The van der Waals surface area contributed by atoms with E-state index in [0.717, 1.165) is 0 Å². The Morgan fingerprint density at radius 3 is 2.21 bits per heavy atom. The largest absolute Gasteiger partial charge is 0.366 e. The van der Waals surface area contributed by atoms with Crippen LogP contribution < -0.4 is 10.6 Å². The molecule has 2 unspecified atom stereocenters. The van der Waals surface area contributed by atoms with Crippen LogP contribution >= 0.6 is 0 Å². The zero-order chi connectivity index (χ0) is 32.0. The highest BCUT2D eigenvalue weighted by molar-refractivity contribution is 6.21. The molecule has 230 valence electrons. The van der Waals surface area contributed by atoms with Crippen LogP contribution in [0.4, 0.5) is 5.69 Å². The summed E-state index contributed by atoms with van der Waals surface area (Å²) in [5.74, 6) is 0. The number of para-hydroxylation sites is 2. The Morgan fingerprint density at radius 1 is 0.562 bits per heavy atom. The van der Waals surface area contributed by atoms with Gasteiger partial charge >= 0.3 is 0 Å². The summed E-state index contributed by atoms with van der Waals surface area (Å²) in [4.78, 5) is 0. The van der Waals surface area contributed by atoms with Crippen LogP contribution in [-0.2, 0) is 5.41 Å². The van der Waals surface area contributed by atoms with Gasteiger partial charge < -0.3 is 9.88 Å². The van der Waals surface area contributed by atoms with Crippen LogP contribution in [0.3, 0.4) is 0 Å². The van der Waals surface area contributed by atoms with Crippen molar-refractivity contribution in [1.29, 1.82) is 0 Å². The molecule has 2 aliphatic rings. The number of benzene rings is 7. The molecule has 8 aromatic rings. The lowest BCUT2D eigenvalue weighted by molar-refractivity contribution is 0.505. The van der Waals surface area contributed by atoms with E-state index in [1.54, 1.807) is 0 Å². The second-order valence-electron chi connectivity index (χ2n) is 13.9. The topological polar surface area (TPSA) is 29.0 Å². The molecule has 7 aromatic carbocycles. The third-order valence-electron chi connectivity index (χ3n) is 10.9. The zero-order valence-corrected chi connectivity index (χ0v) is 27.0. The minimum atomic E-state index is -0.0714. The number of rotatable bonds is 3. The molecule has 10 rings (SSSR count). The van der Waals surface area contributed by atoms with Crippen molar-refractivity contribution >= 4 is 38.3 Å². The van der Waals surface area contributed by atoms with Gasteiger partial charge in [0, 0.05) is 27.6 Å². The first-order chi connectivity index (χ1) is 23.6. The van der Waals surface area contributed by atoms with E-state index < -0.39 is 0 Å². The van der Waals surface area contributed by atoms with Crippen molar-refractivity contribution in [3.05, 3.63) is 179 Å². The summed E-state index contributed by atoms with van der Waals surface area (Å²) < 4.78 is 2.41. The second-order valence-corrected chi connectivity index (χ2v) is 13.9. The average Bonchev–Trinajstić information content (AvgIpc) is 3.60. The molecule has 48 heavy (non-hydrogen) atoms. The molecule has 0 saturated carbocycles. The maximum atomic E-state index is 4.05. The maximum Gasteiger partial charge on any atom is 0.104 e. The van der Waals surface area contributed by atoms with Crippen LogP contribution in [-0.4, -0.2) is 4.57 Å². The first-order valence-corrected chi connectivity index (χ1v) is 16.9. The van der Waals surface area contributed by atoms with E-state index in [9.17, 15) is 0 Å². The number of hydrogen-bond donors (Lipinski definition) is 2. The SMILES string of the molecule is CC1(C)c2ccccc2-c2ccc(C3NC(c4ccc5c(c4)c4c6ccccc6ccc4n5-c4ccccc4)Nc4ccccc43)cc21. The molecule has 0 bridgehead atoms. The Labute approximate surface area is 280 Å². The highest BCUT2D eigenvalue weighted by Gasteiger charge is 2.36. The first kappa shape index (κ1) is 27.5. The van der Waals surface area contributed by atoms with Crippen LogP contribution in [0.2, 0.25) is 0 Å². The van der Waals surface area contributed by atoms with Crippen LogP contribution in [0.1, 0.15) is 53.9 Å². The molecule has 2 N–H and O–H groups in total. The number of anilines is 1. The summed E-state index contributed by atoms with van der Waals surface area (Å²) in [6.07, 6.45) is -0.0714. The van der Waals surface area contributed by atoms with E-state index >= 15 is 0 Å². The number of aromatic nitrogens is 1. The van der Waals surface area contributed by atoms with Gasteiger partial charge in [0.1, 0.15) is 6.17 Å². The molecule has 2 atom stereocenters. The summed E-state index contributed by atoms with van der Waals surface area (Å²) in [7, 11) is 0. The van der Waals surface area contributed by atoms with Crippen LogP contribution in [0.15, 0.2) is 152 Å². The first-order valence-electron chi connectivity index (χ1n) is 16.9. The summed E-state index contributed by atoms with van der Waals surface area (Å²) in [6, 6.07) is 55.8. The van der Waals surface area contributed by atoms with E-state index in [0.29, 0.717) is 0 Å². The molecule has 2 heterocycles. The van der Waals surface area contributed by atoms with Gasteiger partial charge in [-0.15, -0.1) is 0 Å².